The number of carbonyl (C=O) groups is 2. The lowest BCUT2D eigenvalue weighted by Gasteiger charge is -2.32. The van der Waals surface area contributed by atoms with Crippen LogP contribution >= 0.6 is 0 Å². The van der Waals surface area contributed by atoms with Gasteiger partial charge in [-0.3, -0.25) is 14.8 Å². The first kappa shape index (κ1) is 23.1. The fourth-order valence-electron chi connectivity index (χ4n) is 4.65. The van der Waals surface area contributed by atoms with E-state index in [1.54, 1.807) is 41.6 Å². The minimum Gasteiger partial charge on any atom is -0.439 e. The first-order valence-corrected chi connectivity index (χ1v) is 11.3. The Labute approximate surface area is 198 Å². The highest BCUT2D eigenvalue weighted by Crippen LogP contribution is 2.41. The molecule has 176 valence electrons. The minimum atomic E-state index is -0.817. The Bertz CT molecular complexity index is 1130. The van der Waals surface area contributed by atoms with Crippen molar-refractivity contribution >= 4 is 17.8 Å². The number of rotatable bonds is 6. The molecule has 2 heterocycles. The summed E-state index contributed by atoms with van der Waals surface area (Å²) in [6.45, 7) is 3.86. The number of aromatic nitrogens is 2. The third-order valence-corrected chi connectivity index (χ3v) is 6.66. The van der Waals surface area contributed by atoms with Gasteiger partial charge >= 0.3 is 6.09 Å². The van der Waals surface area contributed by atoms with Crippen LogP contribution in [0.4, 0.5) is 10.6 Å². The summed E-state index contributed by atoms with van der Waals surface area (Å²) in [5, 5.41) is 28.6. The highest BCUT2D eigenvalue weighted by molar-refractivity contribution is 5.92. The molecule has 0 radical (unpaired) electrons. The summed E-state index contributed by atoms with van der Waals surface area (Å²) in [6, 6.07) is 9.00. The second-order valence-electron chi connectivity index (χ2n) is 9.14. The minimum absolute atomic E-state index is 0.00215. The average molecular weight is 462 g/mol. The molecule has 1 aliphatic heterocycles. The number of benzene rings is 1. The molecule has 1 fully saturated rings. The molecule has 2 amide bonds. The Morgan fingerprint density at radius 3 is 2.59 bits per heavy atom. The second-order valence-corrected chi connectivity index (χ2v) is 9.14. The molecule has 0 bridgehead atoms. The van der Waals surface area contributed by atoms with E-state index in [1.165, 1.54) is 0 Å². The molecule has 2 aromatic rings. The van der Waals surface area contributed by atoms with Crippen molar-refractivity contribution in [1.29, 1.82) is 10.5 Å². The first-order valence-electron chi connectivity index (χ1n) is 11.3. The van der Waals surface area contributed by atoms with E-state index in [4.69, 9.17) is 4.74 Å². The molecular weight excluding hydrogens is 434 g/mol. The summed E-state index contributed by atoms with van der Waals surface area (Å²) >= 11 is 0. The fourth-order valence-corrected chi connectivity index (χ4v) is 4.65. The molecule has 1 atom stereocenters. The molecule has 1 aliphatic carbocycles. The van der Waals surface area contributed by atoms with Gasteiger partial charge in [0.2, 0.25) is 5.91 Å². The summed E-state index contributed by atoms with van der Waals surface area (Å²) < 4.78 is 5.81. The Kier molecular flexibility index (Phi) is 6.42. The third kappa shape index (κ3) is 4.40. The van der Waals surface area contributed by atoms with Gasteiger partial charge in [0, 0.05) is 11.5 Å². The molecule has 10 heteroatoms. The first-order chi connectivity index (χ1) is 16.3. The average Bonchev–Trinajstić information content (AvgIpc) is 3.56. The van der Waals surface area contributed by atoms with Crippen LogP contribution in [0.25, 0.3) is 0 Å². The van der Waals surface area contributed by atoms with E-state index in [1.807, 2.05) is 19.9 Å². The summed E-state index contributed by atoms with van der Waals surface area (Å²) in [5.41, 5.74) is 1.40. The van der Waals surface area contributed by atoms with Gasteiger partial charge in [0.1, 0.15) is 6.10 Å². The number of ether oxygens (including phenoxy) is 1. The van der Waals surface area contributed by atoms with Gasteiger partial charge in [0.25, 0.3) is 0 Å². The van der Waals surface area contributed by atoms with E-state index in [2.05, 4.69) is 15.5 Å². The standard InChI is InChI=1S/C24H27N7O3/c1-24(2)20-18(21(29-28-20)27-22(32)17-10-6-7-11-17)12-31(24)23(33)34-19(13-30(14-25)15-26)16-8-4-3-5-9-16/h3-5,8-9,17,19H,6-7,10-13H2,1-2H3,(H2,27,28,29,32). The number of H-pyrrole nitrogens is 1. The van der Waals surface area contributed by atoms with E-state index >= 15 is 0 Å². The summed E-state index contributed by atoms with van der Waals surface area (Å²) in [4.78, 5) is 28.4. The van der Waals surface area contributed by atoms with Gasteiger partial charge in [-0.15, -0.1) is 0 Å². The largest absolute Gasteiger partial charge is 0.439 e. The molecule has 1 aromatic carbocycles. The van der Waals surface area contributed by atoms with Crippen molar-refractivity contribution in [3.05, 3.63) is 47.2 Å². The number of nitrogens with one attached hydrogen (secondary N) is 2. The maximum absolute atomic E-state index is 13.3. The number of aromatic amines is 1. The summed E-state index contributed by atoms with van der Waals surface area (Å²) in [7, 11) is 0. The topological polar surface area (TPSA) is 138 Å². The van der Waals surface area contributed by atoms with E-state index in [0.29, 0.717) is 11.4 Å². The Hall–Kier alpha value is -4.05. The van der Waals surface area contributed by atoms with Crippen LogP contribution < -0.4 is 5.32 Å². The lowest BCUT2D eigenvalue weighted by Crippen LogP contribution is -2.42. The van der Waals surface area contributed by atoms with E-state index in [-0.39, 0.29) is 24.9 Å². The van der Waals surface area contributed by atoms with Gasteiger partial charge in [0.15, 0.2) is 18.2 Å². The Morgan fingerprint density at radius 1 is 1.26 bits per heavy atom. The number of hydrogen-bond donors (Lipinski definition) is 2. The Morgan fingerprint density at radius 2 is 1.94 bits per heavy atom. The monoisotopic (exact) mass is 461 g/mol. The van der Waals surface area contributed by atoms with E-state index < -0.39 is 17.7 Å². The highest BCUT2D eigenvalue weighted by atomic mass is 16.6. The van der Waals surface area contributed by atoms with Crippen LogP contribution in [0.2, 0.25) is 0 Å². The SMILES string of the molecule is CC1(C)c2[nH]nc(NC(=O)C3CCCC3)c2CN1C(=O)OC(CN(C#N)C#N)c1ccccc1. The van der Waals surface area contributed by atoms with Crippen molar-refractivity contribution in [2.75, 3.05) is 11.9 Å². The van der Waals surface area contributed by atoms with Crippen LogP contribution in [0.1, 0.15) is 62.5 Å². The molecular formula is C24H27N7O3. The van der Waals surface area contributed by atoms with Gasteiger partial charge < -0.3 is 10.1 Å². The normalized spacial score (nSPS) is 17.4. The van der Waals surface area contributed by atoms with Crippen LogP contribution in [0.5, 0.6) is 0 Å². The molecule has 1 saturated carbocycles. The number of hydrogen-bond acceptors (Lipinski definition) is 7. The van der Waals surface area contributed by atoms with Crippen LogP contribution in [0, 0.1) is 28.8 Å². The predicted octanol–water partition coefficient (Wildman–Crippen LogP) is 3.73. The van der Waals surface area contributed by atoms with E-state index in [9.17, 15) is 20.1 Å². The van der Waals surface area contributed by atoms with Crippen LogP contribution in [0.15, 0.2) is 30.3 Å². The zero-order valence-electron chi connectivity index (χ0n) is 19.2. The molecule has 1 unspecified atom stereocenters. The van der Waals surface area contributed by atoms with Crippen molar-refractivity contribution in [2.24, 2.45) is 5.92 Å². The molecule has 0 saturated heterocycles. The zero-order chi connectivity index (χ0) is 24.3. The van der Waals surface area contributed by atoms with Crippen molar-refractivity contribution in [2.45, 2.75) is 57.7 Å². The predicted molar refractivity (Wildman–Crippen MR) is 121 cm³/mol. The van der Waals surface area contributed by atoms with Crippen molar-refractivity contribution in [3.8, 4) is 12.4 Å². The Balaban J connectivity index is 1.52. The number of nitriles is 2. The second kappa shape index (κ2) is 9.44. The third-order valence-electron chi connectivity index (χ3n) is 6.66. The van der Waals surface area contributed by atoms with Crippen molar-refractivity contribution in [1.82, 2.24) is 20.0 Å². The molecule has 34 heavy (non-hydrogen) atoms. The van der Waals surface area contributed by atoms with Crippen molar-refractivity contribution in [3.63, 3.8) is 0 Å². The number of anilines is 1. The number of amides is 2. The van der Waals surface area contributed by atoms with Crippen LogP contribution in [0.3, 0.4) is 0 Å². The van der Waals surface area contributed by atoms with Crippen LogP contribution in [-0.2, 0) is 21.6 Å². The molecule has 0 spiro atoms. The molecule has 4 rings (SSSR count). The smallest absolute Gasteiger partial charge is 0.411 e. The lowest BCUT2D eigenvalue weighted by atomic mass is 10.0. The molecule has 1 aromatic heterocycles. The summed E-state index contributed by atoms with van der Waals surface area (Å²) in [6.07, 6.45) is 6.03. The van der Waals surface area contributed by atoms with Crippen molar-refractivity contribution < 1.29 is 14.3 Å². The molecule has 2 aliphatic rings. The summed E-state index contributed by atoms with van der Waals surface area (Å²) in [5.74, 6) is 0.399. The van der Waals surface area contributed by atoms with Gasteiger partial charge in [-0.2, -0.15) is 15.6 Å². The number of carbonyl (C=O) groups excluding carboxylic acids is 2. The van der Waals surface area contributed by atoms with E-state index in [0.717, 1.165) is 41.8 Å². The van der Waals surface area contributed by atoms with Gasteiger partial charge in [-0.1, -0.05) is 43.2 Å². The fraction of sp³-hybridized carbons (Fsp3) is 0.458. The molecule has 10 nitrogen and oxygen atoms in total. The quantitative estimate of drug-likeness (QED) is 0.494. The maximum atomic E-state index is 13.3. The van der Waals surface area contributed by atoms with Gasteiger partial charge in [0.05, 0.1) is 24.3 Å². The molecule has 2 N–H and O–H groups in total. The lowest BCUT2D eigenvalue weighted by molar-refractivity contribution is -0.119. The highest BCUT2D eigenvalue weighted by Gasteiger charge is 2.45. The number of fused-ring (bicyclic) bond motifs is 1. The maximum Gasteiger partial charge on any atom is 0.411 e. The van der Waals surface area contributed by atoms with Gasteiger partial charge in [-0.25, -0.2) is 9.69 Å². The van der Waals surface area contributed by atoms with Gasteiger partial charge in [-0.05, 0) is 32.3 Å². The number of nitrogens with zero attached hydrogens (tertiary/aromatic N) is 5. The zero-order valence-corrected chi connectivity index (χ0v) is 19.2. The van der Waals surface area contributed by atoms with Crippen LogP contribution in [-0.4, -0.2) is 38.5 Å².